The van der Waals surface area contributed by atoms with E-state index < -0.39 is 5.97 Å². The maximum absolute atomic E-state index is 10.5. The largest absolute Gasteiger partial charge is 0.515 e. The molecule has 0 saturated carbocycles. The van der Waals surface area contributed by atoms with Crippen molar-refractivity contribution in [3.05, 3.63) is 11.8 Å². The predicted molar refractivity (Wildman–Crippen MR) is 35.0 cm³/mol. The molecule has 0 aromatic heterocycles. The van der Waals surface area contributed by atoms with Crippen LogP contribution in [0.2, 0.25) is 0 Å². The van der Waals surface area contributed by atoms with Gasteiger partial charge in [-0.15, -0.1) is 0 Å². The monoisotopic (exact) mass is 162 g/mol. The summed E-state index contributed by atoms with van der Waals surface area (Å²) in [5.74, 6) is -0.661. The molecule has 0 unspecified atom stereocenters. The Kier molecular flexibility index (Phi) is 4.50. The highest BCUT2D eigenvalue weighted by atomic mass is 31.1. The molecule has 0 rings (SSSR count). The molecular formula is C5H7O4P. The molecule has 0 amide bonds. The summed E-state index contributed by atoms with van der Waals surface area (Å²) >= 11 is 0. The summed E-state index contributed by atoms with van der Waals surface area (Å²) in [6.45, 7) is 1.39. The molecule has 0 aliphatic rings. The summed E-state index contributed by atoms with van der Waals surface area (Å²) in [4.78, 5) is 10.5. The first-order valence-electron chi connectivity index (χ1n) is 2.49. The Morgan fingerprint density at radius 3 is 2.80 bits per heavy atom. The number of hydrogen-bond donors (Lipinski definition) is 1. The van der Waals surface area contributed by atoms with Crippen LogP contribution < -0.4 is 0 Å². The number of esters is 1. The molecule has 4 nitrogen and oxygen atoms in total. The summed E-state index contributed by atoms with van der Waals surface area (Å²) in [7, 11) is -0.251. The van der Waals surface area contributed by atoms with E-state index in [1.165, 1.54) is 6.92 Å². The molecule has 0 heterocycles. The van der Waals surface area contributed by atoms with Crippen LogP contribution in [0.5, 0.6) is 0 Å². The SMILES string of the molecule is CC(=CO)C(=O)OCP=O. The molecule has 0 bridgehead atoms. The Morgan fingerprint density at radius 1 is 1.80 bits per heavy atom. The maximum Gasteiger partial charge on any atom is 0.337 e. The van der Waals surface area contributed by atoms with Crippen LogP contribution in [0.3, 0.4) is 0 Å². The van der Waals surface area contributed by atoms with Gasteiger partial charge in [0, 0.05) is 0 Å². The zero-order valence-electron chi connectivity index (χ0n) is 5.40. The van der Waals surface area contributed by atoms with Crippen LogP contribution in [0.4, 0.5) is 0 Å². The van der Waals surface area contributed by atoms with Crippen LogP contribution in [0, 0.1) is 0 Å². The van der Waals surface area contributed by atoms with Gasteiger partial charge in [-0.05, 0) is 6.92 Å². The molecule has 0 radical (unpaired) electrons. The molecule has 56 valence electrons. The van der Waals surface area contributed by atoms with E-state index in [-0.39, 0.29) is 20.4 Å². The van der Waals surface area contributed by atoms with Gasteiger partial charge in [-0.2, -0.15) is 0 Å². The standard InChI is InChI=1S/C5H7O4P/c1-4(2-6)5(7)9-3-10-8/h2,6H,3H2,1H3. The number of aliphatic hydroxyl groups excluding tert-OH is 1. The third kappa shape index (κ3) is 3.20. The maximum atomic E-state index is 10.5. The van der Waals surface area contributed by atoms with Crippen molar-refractivity contribution in [1.29, 1.82) is 0 Å². The number of aliphatic hydroxyl groups is 1. The van der Waals surface area contributed by atoms with Crippen molar-refractivity contribution in [2.24, 2.45) is 0 Å². The molecule has 0 aromatic carbocycles. The summed E-state index contributed by atoms with van der Waals surface area (Å²) in [5, 5.41) is 8.26. The fourth-order valence-corrected chi connectivity index (χ4v) is 0.421. The van der Waals surface area contributed by atoms with Crippen molar-refractivity contribution >= 4 is 14.4 Å². The van der Waals surface area contributed by atoms with Gasteiger partial charge in [-0.3, -0.25) is 4.57 Å². The number of carbonyl (C=O) groups is 1. The normalized spacial score (nSPS) is 11.5. The Morgan fingerprint density at radius 2 is 2.40 bits per heavy atom. The van der Waals surface area contributed by atoms with Gasteiger partial charge in [-0.25, -0.2) is 4.79 Å². The van der Waals surface area contributed by atoms with E-state index in [1.54, 1.807) is 0 Å². The summed E-state index contributed by atoms with van der Waals surface area (Å²) in [5.41, 5.74) is 0.0867. The Balaban J connectivity index is 3.74. The van der Waals surface area contributed by atoms with Gasteiger partial charge in [0.25, 0.3) is 0 Å². The molecule has 0 atom stereocenters. The van der Waals surface area contributed by atoms with Gasteiger partial charge in [0.05, 0.1) is 11.8 Å². The zero-order valence-corrected chi connectivity index (χ0v) is 6.30. The van der Waals surface area contributed by atoms with Crippen molar-refractivity contribution in [3.8, 4) is 0 Å². The average molecular weight is 162 g/mol. The highest BCUT2D eigenvalue weighted by Gasteiger charge is 2.03. The third-order valence-electron chi connectivity index (χ3n) is 0.764. The van der Waals surface area contributed by atoms with Gasteiger partial charge in [0.1, 0.15) is 0 Å². The summed E-state index contributed by atoms with van der Waals surface area (Å²) in [6, 6.07) is 0. The van der Waals surface area contributed by atoms with E-state index in [9.17, 15) is 9.36 Å². The Labute approximate surface area is 59.7 Å². The quantitative estimate of drug-likeness (QED) is 0.293. The van der Waals surface area contributed by atoms with E-state index in [0.29, 0.717) is 6.26 Å². The number of carbonyl (C=O) groups excluding carboxylic acids is 1. The highest BCUT2D eigenvalue weighted by molar-refractivity contribution is 7.23. The van der Waals surface area contributed by atoms with Crippen molar-refractivity contribution in [3.63, 3.8) is 0 Å². The van der Waals surface area contributed by atoms with Crippen LogP contribution in [-0.4, -0.2) is 17.4 Å². The van der Waals surface area contributed by atoms with E-state index in [4.69, 9.17) is 5.11 Å². The second-order valence-electron chi connectivity index (χ2n) is 1.50. The number of rotatable bonds is 3. The summed E-state index contributed by atoms with van der Waals surface area (Å²) in [6.07, 6.45) is 0.466. The first kappa shape index (κ1) is 9.11. The van der Waals surface area contributed by atoms with Gasteiger partial charge in [0.2, 0.25) is 0 Å². The molecule has 0 aliphatic heterocycles. The molecule has 0 saturated heterocycles. The van der Waals surface area contributed by atoms with Crippen molar-refractivity contribution < 1.29 is 19.2 Å². The highest BCUT2D eigenvalue weighted by Crippen LogP contribution is 1.98. The van der Waals surface area contributed by atoms with Crippen molar-refractivity contribution in [2.45, 2.75) is 6.92 Å². The molecule has 0 spiro atoms. The van der Waals surface area contributed by atoms with Crippen LogP contribution in [0.25, 0.3) is 0 Å². The van der Waals surface area contributed by atoms with Gasteiger partial charge in [-0.1, -0.05) is 0 Å². The molecule has 0 fully saturated rings. The Hall–Kier alpha value is -0.890. The average Bonchev–Trinajstić information content (AvgIpc) is 1.98. The lowest BCUT2D eigenvalue weighted by molar-refractivity contribution is -0.137. The predicted octanol–water partition coefficient (Wildman–Crippen LogP) is 1.24. The first-order chi connectivity index (χ1) is 4.72. The molecule has 5 heteroatoms. The second kappa shape index (κ2) is 4.94. The molecular weight excluding hydrogens is 155 g/mol. The lowest BCUT2D eigenvalue weighted by atomic mass is 10.3. The molecule has 10 heavy (non-hydrogen) atoms. The van der Waals surface area contributed by atoms with Gasteiger partial charge in [0.15, 0.2) is 14.8 Å². The number of ether oxygens (including phenoxy) is 1. The van der Waals surface area contributed by atoms with E-state index in [2.05, 4.69) is 4.74 Å². The van der Waals surface area contributed by atoms with E-state index >= 15 is 0 Å². The molecule has 0 aliphatic carbocycles. The van der Waals surface area contributed by atoms with Crippen LogP contribution in [0.1, 0.15) is 6.92 Å². The lowest BCUT2D eigenvalue weighted by Gasteiger charge is -1.96. The molecule has 1 N–H and O–H groups in total. The van der Waals surface area contributed by atoms with E-state index in [0.717, 1.165) is 0 Å². The first-order valence-corrected chi connectivity index (χ1v) is 3.49. The second-order valence-corrected chi connectivity index (χ2v) is 2.02. The number of hydrogen-bond acceptors (Lipinski definition) is 4. The fraction of sp³-hybridized carbons (Fsp3) is 0.400. The fourth-order valence-electron chi connectivity index (χ4n) is 0.252. The van der Waals surface area contributed by atoms with Crippen molar-refractivity contribution in [1.82, 2.24) is 0 Å². The lowest BCUT2D eigenvalue weighted by Crippen LogP contribution is -2.03. The minimum atomic E-state index is -0.661. The molecule has 0 aromatic rings. The summed E-state index contributed by atoms with van der Waals surface area (Å²) < 4.78 is 14.1. The zero-order chi connectivity index (χ0) is 7.98. The third-order valence-corrected chi connectivity index (χ3v) is 0.998. The minimum Gasteiger partial charge on any atom is -0.515 e. The smallest absolute Gasteiger partial charge is 0.337 e. The van der Waals surface area contributed by atoms with Crippen LogP contribution in [0.15, 0.2) is 11.8 Å². The van der Waals surface area contributed by atoms with Crippen LogP contribution >= 0.6 is 8.46 Å². The van der Waals surface area contributed by atoms with E-state index in [1.807, 2.05) is 0 Å². The topological polar surface area (TPSA) is 63.6 Å². The van der Waals surface area contributed by atoms with Crippen molar-refractivity contribution in [2.75, 3.05) is 6.35 Å². The Bertz CT molecular complexity index is 163. The minimum absolute atomic E-state index is 0.0867. The van der Waals surface area contributed by atoms with Crippen LogP contribution in [-0.2, 0) is 14.1 Å². The van der Waals surface area contributed by atoms with Gasteiger partial charge < -0.3 is 9.84 Å². The van der Waals surface area contributed by atoms with Gasteiger partial charge >= 0.3 is 5.97 Å².